The summed E-state index contributed by atoms with van der Waals surface area (Å²) in [6.45, 7) is 14.8. The van der Waals surface area contributed by atoms with Crippen molar-refractivity contribution >= 4 is 5.97 Å². The van der Waals surface area contributed by atoms with E-state index in [4.69, 9.17) is 0 Å². The molecule has 0 bridgehead atoms. The number of carbonyl (C=O) groups is 1. The van der Waals surface area contributed by atoms with Crippen molar-refractivity contribution in [2.45, 2.75) is 119 Å². The summed E-state index contributed by atoms with van der Waals surface area (Å²) in [7, 11) is 0. The van der Waals surface area contributed by atoms with Crippen LogP contribution in [-0.2, 0) is 4.79 Å². The fourth-order valence-electron chi connectivity index (χ4n) is 10.7. The summed E-state index contributed by atoms with van der Waals surface area (Å²) in [6.07, 6.45) is 15.7. The Morgan fingerprint density at radius 1 is 0.914 bits per heavy atom. The molecule has 4 fully saturated rings. The van der Waals surface area contributed by atoms with Crippen LogP contribution in [0.4, 0.5) is 0 Å². The lowest BCUT2D eigenvalue weighted by Gasteiger charge is -2.61. The summed E-state index contributed by atoms with van der Waals surface area (Å²) in [5, 5.41) is 19.3. The van der Waals surface area contributed by atoms with E-state index in [2.05, 4.69) is 41.5 Å². The number of aliphatic carboxylic acids is 1. The minimum atomic E-state index is -0.798. The zero-order valence-corrected chi connectivity index (χ0v) is 23.8. The predicted octanol–water partition coefficient (Wildman–Crippen LogP) is 8.05. The molecule has 3 nitrogen and oxygen atoms in total. The highest BCUT2D eigenvalue weighted by molar-refractivity contribution is 5.70. The Balaban J connectivity index is 1.43. The maximum Gasteiger partial charge on any atom is 0.309 e. The first-order valence-corrected chi connectivity index (χ1v) is 15.4. The number of hydrogen-bond acceptors (Lipinski definition) is 2. The monoisotopic (exact) mass is 488 g/mol. The second kappa shape index (κ2) is 10.7. The zero-order chi connectivity index (χ0) is 25.5. The van der Waals surface area contributed by atoms with Crippen molar-refractivity contribution in [1.29, 1.82) is 0 Å². The van der Waals surface area contributed by atoms with Gasteiger partial charge in [0.15, 0.2) is 0 Å². The van der Waals surface area contributed by atoms with E-state index < -0.39 is 11.9 Å². The maximum atomic E-state index is 11.7. The number of hydrogen-bond donors (Lipinski definition) is 2. The van der Waals surface area contributed by atoms with Crippen LogP contribution in [0.3, 0.4) is 0 Å². The quantitative estimate of drug-likeness (QED) is 0.345. The fraction of sp³-hybridized carbons (Fsp3) is 0.969. The Bertz CT molecular complexity index is 732. The number of carboxylic acids is 1. The molecule has 3 heteroatoms. The van der Waals surface area contributed by atoms with Gasteiger partial charge in [-0.2, -0.15) is 0 Å². The van der Waals surface area contributed by atoms with Gasteiger partial charge in [0.05, 0.1) is 12.5 Å². The predicted molar refractivity (Wildman–Crippen MR) is 144 cm³/mol. The van der Waals surface area contributed by atoms with Crippen molar-refractivity contribution in [3.8, 4) is 0 Å². The van der Waals surface area contributed by atoms with E-state index in [0.29, 0.717) is 16.7 Å². The van der Waals surface area contributed by atoms with Crippen LogP contribution in [0.1, 0.15) is 119 Å². The molecule has 4 rings (SSSR count). The molecule has 202 valence electrons. The van der Waals surface area contributed by atoms with Gasteiger partial charge >= 0.3 is 5.97 Å². The van der Waals surface area contributed by atoms with E-state index in [0.717, 1.165) is 54.3 Å². The van der Waals surface area contributed by atoms with Crippen LogP contribution < -0.4 is 0 Å². The lowest BCUT2D eigenvalue weighted by atomic mass is 9.43. The first-order valence-electron chi connectivity index (χ1n) is 15.4. The zero-order valence-electron chi connectivity index (χ0n) is 23.8. The van der Waals surface area contributed by atoms with Crippen molar-refractivity contribution in [3.05, 3.63) is 0 Å². The molecule has 0 aromatic carbocycles. The molecular weight excluding hydrogens is 432 g/mol. The first-order chi connectivity index (χ1) is 16.6. The molecule has 0 amide bonds. The molecule has 0 radical (unpaired) electrons. The summed E-state index contributed by atoms with van der Waals surface area (Å²) in [6, 6.07) is 0. The van der Waals surface area contributed by atoms with E-state index in [1.165, 1.54) is 64.2 Å². The summed E-state index contributed by atoms with van der Waals surface area (Å²) < 4.78 is 0. The second-order valence-corrected chi connectivity index (χ2v) is 14.5. The number of carboxylic acid groups (broad SMARTS) is 1. The third-order valence-electron chi connectivity index (χ3n) is 13.0. The van der Waals surface area contributed by atoms with Crippen molar-refractivity contribution in [2.24, 2.45) is 70.0 Å². The molecule has 11 atom stereocenters. The van der Waals surface area contributed by atoms with Crippen molar-refractivity contribution in [3.63, 3.8) is 0 Å². The van der Waals surface area contributed by atoms with Gasteiger partial charge in [0, 0.05) is 0 Å². The highest BCUT2D eigenvalue weighted by Gasteiger charge is 2.60. The van der Waals surface area contributed by atoms with Gasteiger partial charge in [-0.25, -0.2) is 0 Å². The fourth-order valence-corrected chi connectivity index (χ4v) is 10.7. The molecule has 0 heterocycles. The molecule has 4 aliphatic rings. The smallest absolute Gasteiger partial charge is 0.309 e. The lowest BCUT2D eigenvalue weighted by Crippen LogP contribution is -2.54. The minimum absolute atomic E-state index is 0.162. The Labute approximate surface area is 216 Å². The van der Waals surface area contributed by atoms with Crippen LogP contribution in [0, 0.1) is 70.0 Å². The first kappa shape index (κ1) is 27.5. The molecule has 0 aliphatic heterocycles. The lowest BCUT2D eigenvalue weighted by molar-refractivity contribution is -0.151. The standard InChI is InChI=1S/C32H56O3/c1-7-22(20(2)3)9-8-21(4)27-12-13-28-25-11-10-24-18-23(26(19-33)30(34)35)14-16-31(24,5)29(25)15-17-32(27,28)6/h20-29,33H,7-19H2,1-6H3,(H,34,35)/t21-,22-,23+,24?,25?,26?,27-,28?,29?,31+,32-/m1/s1. The third kappa shape index (κ3) is 4.86. The molecular formula is C32H56O3. The third-order valence-corrected chi connectivity index (χ3v) is 13.0. The average Bonchev–Trinajstić information content (AvgIpc) is 3.16. The van der Waals surface area contributed by atoms with Crippen molar-refractivity contribution in [1.82, 2.24) is 0 Å². The number of fused-ring (bicyclic) bond motifs is 5. The molecule has 35 heavy (non-hydrogen) atoms. The van der Waals surface area contributed by atoms with Gasteiger partial charge in [-0.15, -0.1) is 0 Å². The largest absolute Gasteiger partial charge is 0.481 e. The molecule has 4 aliphatic carbocycles. The Morgan fingerprint density at radius 2 is 1.60 bits per heavy atom. The normalized spacial score (nSPS) is 43.7. The van der Waals surface area contributed by atoms with E-state index >= 15 is 0 Å². The van der Waals surface area contributed by atoms with E-state index in [1.807, 2.05) is 0 Å². The number of aliphatic hydroxyl groups is 1. The summed E-state index contributed by atoms with van der Waals surface area (Å²) in [5.41, 5.74) is 0.917. The van der Waals surface area contributed by atoms with E-state index in [1.54, 1.807) is 0 Å². The summed E-state index contributed by atoms with van der Waals surface area (Å²) in [5.74, 6) is 5.52. The Hall–Kier alpha value is -0.570. The Kier molecular flexibility index (Phi) is 8.36. The number of aliphatic hydroxyl groups excluding tert-OH is 1. The highest BCUT2D eigenvalue weighted by atomic mass is 16.4. The van der Waals surface area contributed by atoms with Crippen LogP contribution in [-0.4, -0.2) is 22.8 Å². The average molecular weight is 489 g/mol. The maximum absolute atomic E-state index is 11.7. The van der Waals surface area contributed by atoms with Gasteiger partial charge in [0.2, 0.25) is 0 Å². The van der Waals surface area contributed by atoms with Gasteiger partial charge in [-0.05, 0) is 128 Å². The van der Waals surface area contributed by atoms with Crippen LogP contribution in [0.2, 0.25) is 0 Å². The van der Waals surface area contributed by atoms with Gasteiger partial charge in [0.25, 0.3) is 0 Å². The van der Waals surface area contributed by atoms with Crippen LogP contribution >= 0.6 is 0 Å². The van der Waals surface area contributed by atoms with Crippen LogP contribution in [0.25, 0.3) is 0 Å². The highest BCUT2D eigenvalue weighted by Crippen LogP contribution is 2.69. The van der Waals surface area contributed by atoms with E-state index in [-0.39, 0.29) is 12.5 Å². The summed E-state index contributed by atoms with van der Waals surface area (Å²) in [4.78, 5) is 11.7. The van der Waals surface area contributed by atoms with Crippen molar-refractivity contribution in [2.75, 3.05) is 6.61 Å². The topological polar surface area (TPSA) is 57.5 Å². The summed E-state index contributed by atoms with van der Waals surface area (Å²) >= 11 is 0. The van der Waals surface area contributed by atoms with Crippen molar-refractivity contribution < 1.29 is 15.0 Å². The Morgan fingerprint density at radius 3 is 2.23 bits per heavy atom. The van der Waals surface area contributed by atoms with Gasteiger partial charge in [0.1, 0.15) is 0 Å². The van der Waals surface area contributed by atoms with Gasteiger partial charge in [-0.3, -0.25) is 4.79 Å². The number of rotatable bonds is 9. The molecule has 0 aromatic heterocycles. The SMILES string of the molecule is CC[C@H](CC[C@@H](C)[C@H]1CCC2C3CCC4C[C@@H](C(CO)C(=O)O)CC[C@]4(C)C3CC[C@@]21C)C(C)C. The van der Waals surface area contributed by atoms with E-state index in [9.17, 15) is 15.0 Å². The molecule has 2 N–H and O–H groups in total. The molecule has 0 aromatic rings. The van der Waals surface area contributed by atoms with Gasteiger partial charge < -0.3 is 10.2 Å². The molecule has 5 unspecified atom stereocenters. The van der Waals surface area contributed by atoms with Crippen LogP contribution in [0.5, 0.6) is 0 Å². The molecule has 0 saturated heterocycles. The van der Waals surface area contributed by atoms with Crippen LogP contribution in [0.15, 0.2) is 0 Å². The molecule has 4 saturated carbocycles. The minimum Gasteiger partial charge on any atom is -0.481 e. The van der Waals surface area contributed by atoms with Gasteiger partial charge in [-0.1, -0.05) is 54.4 Å². The second-order valence-electron chi connectivity index (χ2n) is 14.5. The molecule has 0 spiro atoms.